The lowest BCUT2D eigenvalue weighted by atomic mass is 10.1. The largest absolute Gasteiger partial charge is 0.359 e. The summed E-state index contributed by atoms with van der Waals surface area (Å²) in [4.78, 5) is 7.11. The van der Waals surface area contributed by atoms with E-state index in [1.807, 2.05) is 6.07 Å². The van der Waals surface area contributed by atoms with Gasteiger partial charge < -0.3 is 14.7 Å². The van der Waals surface area contributed by atoms with E-state index in [2.05, 4.69) is 54.8 Å². The maximum atomic E-state index is 5.38. The molecule has 132 valence electrons. The Labute approximate surface area is 161 Å². The number of thioether (sulfide) groups is 1. The summed E-state index contributed by atoms with van der Waals surface area (Å²) in [6.07, 6.45) is 1.21. The van der Waals surface area contributed by atoms with Crippen LogP contribution in [0.25, 0.3) is 0 Å². The monoisotopic (exact) mass is 452 g/mol. The number of rotatable bonds is 5. The molecule has 0 radical (unpaired) electrons. The summed E-state index contributed by atoms with van der Waals surface area (Å²) in [5.74, 6) is 3.38. The van der Waals surface area contributed by atoms with Gasteiger partial charge in [0.2, 0.25) is 0 Å². The quantitative estimate of drug-likeness (QED) is 0.420. The SMILES string of the molecule is CCNC(=NCc1cc(C(C)C)no1)N1CCSC(CC)C1.I. The highest BCUT2D eigenvalue weighted by molar-refractivity contribution is 14.0. The molecule has 2 rings (SSSR count). The van der Waals surface area contributed by atoms with Crippen molar-refractivity contribution >= 4 is 41.7 Å². The van der Waals surface area contributed by atoms with Crippen molar-refractivity contribution in [3.8, 4) is 0 Å². The van der Waals surface area contributed by atoms with Crippen molar-refractivity contribution in [2.24, 2.45) is 4.99 Å². The molecule has 1 aliphatic rings. The molecule has 1 atom stereocenters. The lowest BCUT2D eigenvalue weighted by Gasteiger charge is -2.34. The third-order valence-corrected chi connectivity index (χ3v) is 5.15. The van der Waals surface area contributed by atoms with Gasteiger partial charge in [0.05, 0.1) is 5.69 Å². The average molecular weight is 452 g/mol. The van der Waals surface area contributed by atoms with E-state index in [1.54, 1.807) is 0 Å². The van der Waals surface area contributed by atoms with Gasteiger partial charge in [-0.1, -0.05) is 25.9 Å². The van der Waals surface area contributed by atoms with Crippen molar-refractivity contribution in [2.45, 2.75) is 51.8 Å². The van der Waals surface area contributed by atoms with Crippen molar-refractivity contribution in [3.63, 3.8) is 0 Å². The zero-order valence-corrected chi connectivity index (χ0v) is 17.7. The minimum atomic E-state index is 0. The fraction of sp³-hybridized carbons (Fsp3) is 0.750. The second kappa shape index (κ2) is 10.4. The van der Waals surface area contributed by atoms with Crippen LogP contribution in [0.2, 0.25) is 0 Å². The third kappa shape index (κ3) is 6.17. The van der Waals surface area contributed by atoms with E-state index < -0.39 is 0 Å². The number of aliphatic imine (C=N–C) groups is 1. The van der Waals surface area contributed by atoms with Crippen LogP contribution < -0.4 is 5.32 Å². The van der Waals surface area contributed by atoms with Crippen LogP contribution in [0.4, 0.5) is 0 Å². The van der Waals surface area contributed by atoms with Crippen LogP contribution in [0.1, 0.15) is 51.5 Å². The summed E-state index contributed by atoms with van der Waals surface area (Å²) < 4.78 is 5.38. The van der Waals surface area contributed by atoms with Gasteiger partial charge in [-0.25, -0.2) is 4.99 Å². The number of nitrogens with zero attached hydrogens (tertiary/aromatic N) is 3. The molecule has 0 bridgehead atoms. The number of hydrogen-bond donors (Lipinski definition) is 1. The predicted octanol–water partition coefficient (Wildman–Crippen LogP) is 3.71. The summed E-state index contributed by atoms with van der Waals surface area (Å²) >= 11 is 2.07. The topological polar surface area (TPSA) is 53.7 Å². The van der Waals surface area contributed by atoms with Crippen LogP contribution in [0.3, 0.4) is 0 Å². The van der Waals surface area contributed by atoms with Crippen LogP contribution in [-0.2, 0) is 6.54 Å². The van der Waals surface area contributed by atoms with E-state index in [1.165, 1.54) is 12.2 Å². The number of halogens is 1. The standard InChI is InChI=1S/C16H28N4OS.HI/c1-5-14-11-20(7-8-22-14)16(17-6-2)18-10-13-9-15(12(3)4)19-21-13;/h9,12,14H,5-8,10-11H2,1-4H3,(H,17,18);1H. The molecule has 0 aliphatic carbocycles. The molecule has 23 heavy (non-hydrogen) atoms. The lowest BCUT2D eigenvalue weighted by Crippen LogP contribution is -2.47. The van der Waals surface area contributed by atoms with Gasteiger partial charge in [0.15, 0.2) is 11.7 Å². The van der Waals surface area contributed by atoms with E-state index in [0.717, 1.165) is 37.0 Å². The molecule has 0 amide bonds. The van der Waals surface area contributed by atoms with Crippen LogP contribution >= 0.6 is 35.7 Å². The second-order valence-electron chi connectivity index (χ2n) is 5.89. The Bertz CT molecular complexity index is 492. The summed E-state index contributed by atoms with van der Waals surface area (Å²) in [7, 11) is 0. The molecular weight excluding hydrogens is 423 g/mol. The Morgan fingerprint density at radius 3 is 2.91 bits per heavy atom. The first-order chi connectivity index (χ1) is 10.6. The van der Waals surface area contributed by atoms with Crippen LogP contribution in [0, 0.1) is 0 Å². The predicted molar refractivity (Wildman–Crippen MR) is 109 cm³/mol. The van der Waals surface area contributed by atoms with Crippen molar-refractivity contribution in [2.75, 3.05) is 25.4 Å². The second-order valence-corrected chi connectivity index (χ2v) is 7.30. The van der Waals surface area contributed by atoms with E-state index in [0.29, 0.717) is 17.7 Å². The summed E-state index contributed by atoms with van der Waals surface area (Å²) in [5.41, 5.74) is 0.996. The first-order valence-corrected chi connectivity index (χ1v) is 9.29. The molecule has 1 saturated heterocycles. The smallest absolute Gasteiger partial charge is 0.194 e. The molecular formula is C16H29IN4OS. The van der Waals surface area contributed by atoms with E-state index in [4.69, 9.17) is 9.52 Å². The Morgan fingerprint density at radius 2 is 2.30 bits per heavy atom. The van der Waals surface area contributed by atoms with Crippen molar-refractivity contribution in [1.82, 2.24) is 15.4 Å². The average Bonchev–Trinajstić information content (AvgIpc) is 3.00. The van der Waals surface area contributed by atoms with Crippen LogP contribution in [0.5, 0.6) is 0 Å². The van der Waals surface area contributed by atoms with Gasteiger partial charge in [0, 0.05) is 36.7 Å². The van der Waals surface area contributed by atoms with E-state index >= 15 is 0 Å². The fourth-order valence-electron chi connectivity index (χ4n) is 2.41. The first kappa shape index (κ1) is 20.6. The molecule has 1 unspecified atom stereocenters. The van der Waals surface area contributed by atoms with Crippen LogP contribution in [0.15, 0.2) is 15.6 Å². The molecule has 0 aromatic carbocycles. The zero-order valence-electron chi connectivity index (χ0n) is 14.5. The van der Waals surface area contributed by atoms with E-state index in [9.17, 15) is 0 Å². The molecule has 5 nitrogen and oxygen atoms in total. The first-order valence-electron chi connectivity index (χ1n) is 8.24. The molecule has 7 heteroatoms. The van der Waals surface area contributed by atoms with Gasteiger partial charge in [-0.2, -0.15) is 11.8 Å². The van der Waals surface area contributed by atoms with E-state index in [-0.39, 0.29) is 24.0 Å². The molecule has 1 N–H and O–H groups in total. The van der Waals surface area contributed by atoms with Gasteiger partial charge in [-0.05, 0) is 19.3 Å². The minimum Gasteiger partial charge on any atom is -0.359 e. The van der Waals surface area contributed by atoms with Gasteiger partial charge in [-0.3, -0.25) is 0 Å². The normalized spacial score (nSPS) is 18.9. The Morgan fingerprint density at radius 1 is 1.52 bits per heavy atom. The number of guanidine groups is 1. The molecule has 1 aromatic rings. The van der Waals surface area contributed by atoms with Gasteiger partial charge in [0.1, 0.15) is 6.54 Å². The summed E-state index contributed by atoms with van der Waals surface area (Å²) in [5, 5.41) is 8.20. The Kier molecular flexibility index (Phi) is 9.34. The van der Waals surface area contributed by atoms with Gasteiger partial charge in [0.25, 0.3) is 0 Å². The zero-order chi connectivity index (χ0) is 15.9. The lowest BCUT2D eigenvalue weighted by molar-refractivity contribution is 0.373. The third-order valence-electron chi connectivity index (χ3n) is 3.78. The highest BCUT2D eigenvalue weighted by atomic mass is 127. The van der Waals surface area contributed by atoms with Crippen molar-refractivity contribution in [3.05, 3.63) is 17.5 Å². The maximum absolute atomic E-state index is 5.38. The molecule has 0 spiro atoms. The molecule has 1 aliphatic heterocycles. The number of aromatic nitrogens is 1. The highest BCUT2D eigenvalue weighted by Gasteiger charge is 2.21. The van der Waals surface area contributed by atoms with Crippen molar-refractivity contribution in [1.29, 1.82) is 0 Å². The number of hydrogen-bond acceptors (Lipinski definition) is 4. The molecule has 1 fully saturated rings. The summed E-state index contributed by atoms with van der Waals surface area (Å²) in [6.45, 7) is 12.2. The Balaban J connectivity index is 0.00000264. The molecule has 2 heterocycles. The maximum Gasteiger partial charge on any atom is 0.194 e. The Hall–Kier alpha value is -0.440. The summed E-state index contributed by atoms with van der Waals surface area (Å²) in [6, 6.07) is 2.01. The highest BCUT2D eigenvalue weighted by Crippen LogP contribution is 2.21. The van der Waals surface area contributed by atoms with Gasteiger partial charge >= 0.3 is 0 Å². The fourth-order valence-corrected chi connectivity index (χ4v) is 3.59. The van der Waals surface area contributed by atoms with Crippen molar-refractivity contribution < 1.29 is 4.52 Å². The van der Waals surface area contributed by atoms with Gasteiger partial charge in [-0.15, -0.1) is 24.0 Å². The number of nitrogens with one attached hydrogen (secondary N) is 1. The molecule has 0 saturated carbocycles. The minimum absolute atomic E-state index is 0. The molecule has 1 aromatic heterocycles. The van der Waals surface area contributed by atoms with Crippen LogP contribution in [-0.4, -0.2) is 46.7 Å².